The molecule has 0 aliphatic carbocycles. The highest BCUT2D eigenvalue weighted by Crippen LogP contribution is 2.18. The molecular formula is C14H17N3O3S. The smallest absolute Gasteiger partial charge is 0.316 e. The monoisotopic (exact) mass is 307 g/mol. The summed E-state index contributed by atoms with van der Waals surface area (Å²) in [6, 6.07) is 7.81. The second-order valence-electron chi connectivity index (χ2n) is 4.43. The van der Waals surface area contributed by atoms with Gasteiger partial charge in [0.05, 0.1) is 12.9 Å². The van der Waals surface area contributed by atoms with Gasteiger partial charge in [0.1, 0.15) is 12.4 Å². The Morgan fingerprint density at radius 3 is 2.90 bits per heavy atom. The van der Waals surface area contributed by atoms with Crippen LogP contribution >= 0.6 is 11.8 Å². The van der Waals surface area contributed by atoms with Crippen LogP contribution in [0.15, 0.2) is 29.4 Å². The Hall–Kier alpha value is -2.02. The number of hydrogen-bond acceptors (Lipinski definition) is 6. The van der Waals surface area contributed by atoms with Gasteiger partial charge in [-0.2, -0.15) is 0 Å². The van der Waals surface area contributed by atoms with E-state index < -0.39 is 0 Å². The number of benzene rings is 1. The van der Waals surface area contributed by atoms with Gasteiger partial charge in [0, 0.05) is 7.05 Å². The van der Waals surface area contributed by atoms with Crippen molar-refractivity contribution in [1.29, 1.82) is 0 Å². The number of rotatable bonds is 6. The third kappa shape index (κ3) is 4.22. The summed E-state index contributed by atoms with van der Waals surface area (Å²) in [5.74, 6) is 1.41. The van der Waals surface area contributed by atoms with E-state index in [2.05, 4.69) is 14.9 Å². The molecule has 112 valence electrons. The number of aryl methyl sites for hydroxylation is 1. The van der Waals surface area contributed by atoms with Crippen LogP contribution in [0.5, 0.6) is 5.75 Å². The standard InChI is InChI=1S/C14H17N3O3S/c1-10-5-4-6-11(7-10)20-8-12-15-16-14(17(12)2)21-9-13(18)19-3/h4-7H,8-9H2,1-3H3. The van der Waals surface area contributed by atoms with E-state index in [-0.39, 0.29) is 11.7 Å². The van der Waals surface area contributed by atoms with Crippen molar-refractivity contribution in [2.75, 3.05) is 12.9 Å². The zero-order chi connectivity index (χ0) is 15.2. The average Bonchev–Trinajstić information content (AvgIpc) is 2.83. The molecule has 0 fully saturated rings. The number of hydrogen-bond donors (Lipinski definition) is 0. The summed E-state index contributed by atoms with van der Waals surface area (Å²) in [6.45, 7) is 2.34. The summed E-state index contributed by atoms with van der Waals surface area (Å²) in [4.78, 5) is 11.1. The fourth-order valence-electron chi connectivity index (χ4n) is 1.63. The van der Waals surface area contributed by atoms with E-state index in [1.807, 2.05) is 42.8 Å². The molecular weight excluding hydrogens is 290 g/mol. The van der Waals surface area contributed by atoms with Gasteiger partial charge < -0.3 is 14.0 Å². The molecule has 0 spiro atoms. The first-order valence-electron chi connectivity index (χ1n) is 6.37. The number of carbonyl (C=O) groups is 1. The molecule has 0 unspecified atom stereocenters. The van der Waals surface area contributed by atoms with Gasteiger partial charge in [-0.25, -0.2) is 0 Å². The van der Waals surface area contributed by atoms with Gasteiger partial charge in [0.25, 0.3) is 0 Å². The molecule has 0 radical (unpaired) electrons. The topological polar surface area (TPSA) is 66.2 Å². The van der Waals surface area contributed by atoms with Crippen molar-refractivity contribution in [3.63, 3.8) is 0 Å². The van der Waals surface area contributed by atoms with Crippen LogP contribution < -0.4 is 4.74 Å². The van der Waals surface area contributed by atoms with Crippen LogP contribution in [0.4, 0.5) is 0 Å². The summed E-state index contributed by atoms with van der Waals surface area (Å²) in [7, 11) is 3.20. The number of carbonyl (C=O) groups excluding carboxylic acids is 1. The lowest BCUT2D eigenvalue weighted by Gasteiger charge is -2.07. The molecule has 0 saturated carbocycles. The molecule has 0 N–H and O–H groups in total. The van der Waals surface area contributed by atoms with Gasteiger partial charge >= 0.3 is 5.97 Å². The van der Waals surface area contributed by atoms with Crippen molar-refractivity contribution < 1.29 is 14.3 Å². The molecule has 0 aliphatic heterocycles. The van der Waals surface area contributed by atoms with Crippen molar-refractivity contribution >= 4 is 17.7 Å². The molecule has 2 rings (SSSR count). The van der Waals surface area contributed by atoms with E-state index in [1.54, 1.807) is 0 Å². The maximum atomic E-state index is 11.1. The quantitative estimate of drug-likeness (QED) is 0.600. The Morgan fingerprint density at radius 2 is 2.19 bits per heavy atom. The molecule has 0 bridgehead atoms. The van der Waals surface area contributed by atoms with Crippen molar-refractivity contribution in [1.82, 2.24) is 14.8 Å². The van der Waals surface area contributed by atoms with Crippen LogP contribution in [0.25, 0.3) is 0 Å². The van der Waals surface area contributed by atoms with Crippen LogP contribution in [0.2, 0.25) is 0 Å². The van der Waals surface area contributed by atoms with Crippen LogP contribution in [0.3, 0.4) is 0 Å². The molecule has 2 aromatic rings. The third-order valence-electron chi connectivity index (χ3n) is 2.83. The maximum absolute atomic E-state index is 11.1. The number of thioether (sulfide) groups is 1. The highest BCUT2D eigenvalue weighted by Gasteiger charge is 2.12. The SMILES string of the molecule is COC(=O)CSc1nnc(COc2cccc(C)c2)n1C. The number of aromatic nitrogens is 3. The highest BCUT2D eigenvalue weighted by molar-refractivity contribution is 7.99. The molecule has 0 aliphatic rings. The number of nitrogens with zero attached hydrogens (tertiary/aromatic N) is 3. The van der Waals surface area contributed by atoms with Crippen molar-refractivity contribution in [3.05, 3.63) is 35.7 Å². The van der Waals surface area contributed by atoms with E-state index in [0.29, 0.717) is 17.6 Å². The van der Waals surface area contributed by atoms with Gasteiger partial charge in [-0.15, -0.1) is 10.2 Å². The molecule has 7 heteroatoms. The second-order valence-corrected chi connectivity index (χ2v) is 5.37. The van der Waals surface area contributed by atoms with Gasteiger partial charge in [-0.1, -0.05) is 23.9 Å². The first kappa shape index (κ1) is 15.4. The molecule has 1 aromatic heterocycles. The van der Waals surface area contributed by atoms with E-state index in [0.717, 1.165) is 11.3 Å². The van der Waals surface area contributed by atoms with Gasteiger partial charge in [-0.3, -0.25) is 4.79 Å². The predicted molar refractivity (Wildman–Crippen MR) is 79.3 cm³/mol. The number of esters is 1. The Balaban J connectivity index is 1.95. The first-order chi connectivity index (χ1) is 10.1. The van der Waals surface area contributed by atoms with E-state index in [9.17, 15) is 4.79 Å². The molecule has 21 heavy (non-hydrogen) atoms. The lowest BCUT2D eigenvalue weighted by Crippen LogP contribution is -2.06. The van der Waals surface area contributed by atoms with Gasteiger partial charge in [0.15, 0.2) is 11.0 Å². The maximum Gasteiger partial charge on any atom is 0.316 e. The Morgan fingerprint density at radius 1 is 1.38 bits per heavy atom. The minimum atomic E-state index is -0.291. The molecule has 0 atom stereocenters. The van der Waals surface area contributed by atoms with Gasteiger partial charge in [-0.05, 0) is 24.6 Å². The number of ether oxygens (including phenoxy) is 2. The van der Waals surface area contributed by atoms with Crippen LogP contribution in [-0.2, 0) is 23.2 Å². The predicted octanol–water partition coefficient (Wildman–Crippen LogP) is 1.97. The van der Waals surface area contributed by atoms with Crippen molar-refractivity contribution in [2.24, 2.45) is 7.05 Å². The third-order valence-corrected chi connectivity index (χ3v) is 3.82. The summed E-state index contributed by atoms with van der Waals surface area (Å²) in [5, 5.41) is 8.77. The van der Waals surface area contributed by atoms with Gasteiger partial charge in [0.2, 0.25) is 0 Å². The van der Waals surface area contributed by atoms with Crippen LogP contribution in [-0.4, -0.2) is 33.6 Å². The lowest BCUT2D eigenvalue weighted by atomic mass is 10.2. The Bertz CT molecular complexity index is 628. The molecule has 0 amide bonds. The van der Waals surface area contributed by atoms with Crippen LogP contribution in [0.1, 0.15) is 11.4 Å². The van der Waals surface area contributed by atoms with E-state index in [1.165, 1.54) is 18.9 Å². The Kier molecular flexibility index (Phi) is 5.21. The zero-order valence-corrected chi connectivity index (χ0v) is 13.0. The van der Waals surface area contributed by atoms with Crippen LogP contribution in [0, 0.1) is 6.92 Å². The Labute approximate surface area is 127 Å². The van der Waals surface area contributed by atoms with Crippen molar-refractivity contribution in [2.45, 2.75) is 18.7 Å². The zero-order valence-electron chi connectivity index (χ0n) is 12.2. The second kappa shape index (κ2) is 7.12. The fraction of sp³-hybridized carbons (Fsp3) is 0.357. The summed E-state index contributed by atoms with van der Waals surface area (Å²) < 4.78 is 12.1. The minimum Gasteiger partial charge on any atom is -0.486 e. The largest absolute Gasteiger partial charge is 0.486 e. The molecule has 0 saturated heterocycles. The fourth-order valence-corrected chi connectivity index (χ4v) is 2.39. The molecule has 1 heterocycles. The first-order valence-corrected chi connectivity index (χ1v) is 7.36. The highest BCUT2D eigenvalue weighted by atomic mass is 32.2. The summed E-state index contributed by atoms with van der Waals surface area (Å²) in [6.07, 6.45) is 0. The average molecular weight is 307 g/mol. The summed E-state index contributed by atoms with van der Waals surface area (Å²) in [5.41, 5.74) is 1.14. The number of methoxy groups -OCH3 is 1. The van der Waals surface area contributed by atoms with E-state index >= 15 is 0 Å². The minimum absolute atomic E-state index is 0.210. The normalized spacial score (nSPS) is 10.4. The van der Waals surface area contributed by atoms with Crippen molar-refractivity contribution in [3.8, 4) is 5.75 Å². The summed E-state index contributed by atoms with van der Waals surface area (Å²) >= 11 is 1.28. The molecule has 1 aromatic carbocycles. The lowest BCUT2D eigenvalue weighted by molar-refractivity contribution is -0.137. The molecule has 6 nitrogen and oxygen atoms in total. The van der Waals surface area contributed by atoms with E-state index in [4.69, 9.17) is 4.74 Å².